The third-order valence-corrected chi connectivity index (χ3v) is 11.2. The molecule has 1 aromatic carbocycles. The summed E-state index contributed by atoms with van der Waals surface area (Å²) in [5, 5.41) is 4.83. The average molecular weight is 634 g/mol. The number of amides is 1. The Morgan fingerprint density at radius 1 is 1.21 bits per heavy atom. The molecule has 0 radical (unpaired) electrons. The fourth-order valence-corrected chi connectivity index (χ4v) is 7.54. The summed E-state index contributed by atoms with van der Waals surface area (Å²) in [7, 11) is 1.61. The number of thioether (sulfide) groups is 1. The highest BCUT2D eigenvalue weighted by atomic mass is 32.2. The lowest BCUT2D eigenvalue weighted by atomic mass is 9.82. The summed E-state index contributed by atoms with van der Waals surface area (Å²) < 4.78 is 55.3. The van der Waals surface area contributed by atoms with E-state index < -0.39 is 18.2 Å². The van der Waals surface area contributed by atoms with E-state index in [0.717, 1.165) is 34.9 Å². The highest BCUT2D eigenvalue weighted by Crippen LogP contribution is 2.57. The molecule has 2 aromatic heterocycles. The molecule has 230 valence electrons. The smallest absolute Gasteiger partial charge is 0.397 e. The van der Waals surface area contributed by atoms with Gasteiger partial charge in [-0.3, -0.25) is 9.52 Å². The molecule has 43 heavy (non-hydrogen) atoms. The number of halogens is 3. The molecule has 2 aliphatic heterocycles. The quantitative estimate of drug-likeness (QED) is 0.269. The number of methoxy groups -OCH3 is 1. The van der Waals surface area contributed by atoms with Gasteiger partial charge in [0.25, 0.3) is 5.91 Å². The third-order valence-electron chi connectivity index (χ3n) is 8.65. The van der Waals surface area contributed by atoms with Gasteiger partial charge in [0.2, 0.25) is 5.88 Å². The first-order valence-corrected chi connectivity index (χ1v) is 16.0. The van der Waals surface area contributed by atoms with Gasteiger partial charge in [0.05, 0.1) is 12.7 Å². The molecule has 1 amide bonds. The zero-order valence-electron chi connectivity index (χ0n) is 24.4. The number of carbonyl (C=O) groups excluding carboxylic acids is 1. The number of aryl methyl sites for hydroxylation is 1. The zero-order chi connectivity index (χ0) is 30.6. The highest BCUT2D eigenvalue weighted by Gasteiger charge is 2.64. The Balaban J connectivity index is 1.26. The lowest BCUT2D eigenvalue weighted by molar-refractivity contribution is -0.194. The van der Waals surface area contributed by atoms with E-state index in [0.29, 0.717) is 28.4 Å². The van der Waals surface area contributed by atoms with Crippen molar-refractivity contribution in [3.05, 3.63) is 53.7 Å². The fraction of sp³-hybridized carbons (Fsp3) is 0.500. The van der Waals surface area contributed by atoms with Gasteiger partial charge in [-0.05, 0) is 99.5 Å². The molecular formula is C30H34F3N5O3S2. The lowest BCUT2D eigenvalue weighted by Gasteiger charge is -2.54. The summed E-state index contributed by atoms with van der Waals surface area (Å²) in [4.78, 5) is 21.7. The van der Waals surface area contributed by atoms with E-state index in [1.807, 2.05) is 36.9 Å². The second kappa shape index (κ2) is 11.1. The third kappa shape index (κ3) is 5.90. The number of rotatable bonds is 9. The normalized spacial score (nSPS) is 21.9. The van der Waals surface area contributed by atoms with Crippen LogP contribution >= 0.6 is 23.7 Å². The Hall–Kier alpha value is -3.06. The lowest BCUT2D eigenvalue weighted by Crippen LogP contribution is -2.59. The Morgan fingerprint density at radius 3 is 2.65 bits per heavy atom. The molecule has 3 aliphatic rings. The molecule has 1 saturated carbocycles. The van der Waals surface area contributed by atoms with E-state index in [9.17, 15) is 18.0 Å². The molecular weight excluding hydrogens is 599 g/mol. The number of aromatic nitrogens is 3. The number of nitrogens with zero attached hydrogens (tertiary/aromatic N) is 4. The van der Waals surface area contributed by atoms with Crippen molar-refractivity contribution in [2.24, 2.45) is 11.3 Å². The van der Waals surface area contributed by atoms with E-state index in [1.165, 1.54) is 22.7 Å². The van der Waals surface area contributed by atoms with E-state index >= 15 is 0 Å². The van der Waals surface area contributed by atoms with Crippen LogP contribution in [-0.2, 0) is 0 Å². The van der Waals surface area contributed by atoms with Gasteiger partial charge in [0.1, 0.15) is 23.6 Å². The van der Waals surface area contributed by atoms with Crippen LogP contribution in [0.3, 0.4) is 0 Å². The Bertz CT molecular complexity index is 1520. The van der Waals surface area contributed by atoms with Crippen molar-refractivity contribution in [3.63, 3.8) is 0 Å². The van der Waals surface area contributed by atoms with E-state index in [2.05, 4.69) is 28.6 Å². The van der Waals surface area contributed by atoms with Gasteiger partial charge in [-0.15, -0.1) is 5.10 Å². The first-order chi connectivity index (χ1) is 20.4. The van der Waals surface area contributed by atoms with Gasteiger partial charge >= 0.3 is 6.18 Å². The molecule has 4 heterocycles. The zero-order valence-corrected chi connectivity index (χ0v) is 26.0. The number of hydrogen-bond acceptors (Lipinski definition) is 8. The number of anilines is 1. The molecule has 8 nitrogen and oxygen atoms in total. The summed E-state index contributed by atoms with van der Waals surface area (Å²) in [6.45, 7) is 6.60. The minimum absolute atomic E-state index is 0.0632. The van der Waals surface area contributed by atoms with Crippen LogP contribution in [-0.4, -0.2) is 63.7 Å². The molecule has 2 saturated heterocycles. The molecule has 0 spiro atoms. The second-order valence-corrected chi connectivity index (χ2v) is 14.2. The maximum Gasteiger partial charge on any atom is 0.397 e. The van der Waals surface area contributed by atoms with Crippen molar-refractivity contribution in [2.75, 3.05) is 30.9 Å². The van der Waals surface area contributed by atoms with Crippen LogP contribution in [0.4, 0.5) is 19.0 Å². The van der Waals surface area contributed by atoms with Crippen molar-refractivity contribution in [3.8, 4) is 17.4 Å². The van der Waals surface area contributed by atoms with Crippen molar-refractivity contribution >= 4 is 35.4 Å². The molecule has 0 bridgehead atoms. The number of hydrogen-bond donors (Lipinski definition) is 1. The molecule has 13 heteroatoms. The molecule has 2 unspecified atom stereocenters. The standard InChI is InChI=1S/C30H34F3N5O3S2/c1-18-13-20(40-4)5-7-22(18)43-36-27(39)21-6-8-24(34-26(21)37-15-23-19(16-42-23)14-28(37,2)3)38-12-9-25(35-38)41-17-29(10-11-29)30(31,32)33/h5-9,12-13,19,23H,10-11,14-17H2,1-4H3,(H,36,39). The van der Waals surface area contributed by atoms with Crippen LogP contribution < -0.4 is 19.1 Å². The van der Waals surface area contributed by atoms with Crippen molar-refractivity contribution in [2.45, 2.75) is 61.9 Å². The minimum Gasteiger partial charge on any atom is -0.497 e. The van der Waals surface area contributed by atoms with Crippen LogP contribution in [0.5, 0.6) is 11.6 Å². The number of alkyl halides is 3. The summed E-state index contributed by atoms with van der Waals surface area (Å²) in [6, 6.07) is 10.6. The Morgan fingerprint density at radius 2 is 2.00 bits per heavy atom. The van der Waals surface area contributed by atoms with Gasteiger partial charge in [0.15, 0.2) is 5.82 Å². The average Bonchev–Trinajstić information content (AvgIpc) is 3.62. The summed E-state index contributed by atoms with van der Waals surface area (Å²) >= 11 is 3.17. The fourth-order valence-electron chi connectivity index (χ4n) is 5.67. The first-order valence-electron chi connectivity index (χ1n) is 14.2. The van der Waals surface area contributed by atoms with Crippen LogP contribution in [0.1, 0.15) is 49.0 Å². The number of benzene rings is 1. The Labute approximate surface area is 257 Å². The van der Waals surface area contributed by atoms with Crippen LogP contribution in [0.25, 0.3) is 5.82 Å². The molecule has 3 aromatic rings. The second-order valence-electron chi connectivity index (χ2n) is 12.1. The number of fused-ring (bicyclic) bond motifs is 1. The number of carbonyl (C=O) groups is 1. The predicted molar refractivity (Wildman–Crippen MR) is 161 cm³/mol. The summed E-state index contributed by atoms with van der Waals surface area (Å²) in [5.41, 5.74) is -0.612. The van der Waals surface area contributed by atoms with Gasteiger partial charge in [-0.1, -0.05) is 0 Å². The summed E-state index contributed by atoms with van der Waals surface area (Å²) in [5.74, 6) is 3.34. The SMILES string of the molecule is COc1ccc(SNC(=O)c2ccc(-n3ccc(OCC4(C(F)(F)F)CC4)n3)nc2N2CC3SCC3CC2(C)C)c(C)c1. The number of nitrogens with one attached hydrogen (secondary N) is 1. The van der Waals surface area contributed by atoms with Crippen molar-refractivity contribution < 1.29 is 27.4 Å². The minimum atomic E-state index is -4.30. The maximum absolute atomic E-state index is 13.6. The Kier molecular flexibility index (Phi) is 7.77. The van der Waals surface area contributed by atoms with Gasteiger partial charge in [-0.2, -0.15) is 24.9 Å². The molecule has 6 rings (SSSR count). The number of pyridine rings is 1. The van der Waals surface area contributed by atoms with Gasteiger partial charge in [-0.25, -0.2) is 9.67 Å². The van der Waals surface area contributed by atoms with Crippen molar-refractivity contribution in [1.82, 2.24) is 19.5 Å². The van der Waals surface area contributed by atoms with Crippen molar-refractivity contribution in [1.29, 1.82) is 0 Å². The molecule has 3 fully saturated rings. The highest BCUT2D eigenvalue weighted by molar-refractivity contribution is 8.01. The van der Waals surface area contributed by atoms with Crippen LogP contribution in [0, 0.1) is 18.3 Å². The van der Waals surface area contributed by atoms with Crippen LogP contribution in [0.15, 0.2) is 47.5 Å². The van der Waals surface area contributed by atoms with Gasteiger partial charge in [0, 0.05) is 34.5 Å². The largest absolute Gasteiger partial charge is 0.497 e. The van der Waals surface area contributed by atoms with E-state index in [4.69, 9.17) is 14.5 Å². The molecule has 1 aliphatic carbocycles. The number of ether oxygens (including phenoxy) is 2. The molecule has 1 N–H and O–H groups in total. The predicted octanol–water partition coefficient (Wildman–Crippen LogP) is 6.46. The first kappa shape index (κ1) is 30.0. The monoisotopic (exact) mass is 633 g/mol. The molecule has 2 atom stereocenters. The van der Waals surface area contributed by atoms with E-state index in [-0.39, 0.29) is 30.2 Å². The number of piperidine rings is 1. The van der Waals surface area contributed by atoms with Gasteiger partial charge < -0.3 is 14.4 Å². The maximum atomic E-state index is 13.6. The summed E-state index contributed by atoms with van der Waals surface area (Å²) in [6.07, 6.45) is -1.58. The topological polar surface area (TPSA) is 81.5 Å². The van der Waals surface area contributed by atoms with Crippen LogP contribution in [0.2, 0.25) is 0 Å². The van der Waals surface area contributed by atoms with E-state index in [1.54, 1.807) is 25.4 Å².